The Morgan fingerprint density at radius 1 is 1.38 bits per heavy atom. The van der Waals surface area contributed by atoms with Gasteiger partial charge in [-0.15, -0.1) is 0 Å². The van der Waals surface area contributed by atoms with E-state index in [2.05, 4.69) is 0 Å². The second-order valence-corrected chi connectivity index (χ2v) is 5.51. The number of likely N-dealkylation sites (tertiary alicyclic amines) is 1. The van der Waals surface area contributed by atoms with Crippen LogP contribution in [0.15, 0.2) is 0 Å². The molecule has 1 amide bonds. The maximum Gasteiger partial charge on any atom is 0.227 e. The van der Waals surface area contributed by atoms with Crippen molar-refractivity contribution in [3.8, 4) is 0 Å². The number of carbonyl (C=O) groups is 1. The molecule has 0 aromatic heterocycles. The Morgan fingerprint density at radius 3 is 2.25 bits per heavy atom. The van der Waals surface area contributed by atoms with Crippen molar-refractivity contribution in [3.63, 3.8) is 0 Å². The van der Waals surface area contributed by atoms with E-state index in [1.54, 1.807) is 0 Å². The van der Waals surface area contributed by atoms with Gasteiger partial charge in [-0.05, 0) is 12.8 Å². The molecule has 16 heavy (non-hydrogen) atoms. The molecule has 0 radical (unpaired) electrons. The van der Waals surface area contributed by atoms with Gasteiger partial charge in [0.05, 0.1) is 0 Å². The van der Waals surface area contributed by atoms with Crippen molar-refractivity contribution in [2.75, 3.05) is 20.2 Å². The maximum atomic E-state index is 12.0. The monoisotopic (exact) mass is 229 g/mol. The highest BCUT2D eigenvalue weighted by molar-refractivity contribution is 5.81. The Hall–Kier alpha value is -0.610. The van der Waals surface area contributed by atoms with Crippen LogP contribution in [0.5, 0.6) is 0 Å². The molecule has 0 bridgehead atoms. The van der Waals surface area contributed by atoms with Crippen molar-refractivity contribution in [1.29, 1.82) is 0 Å². The molecule has 1 aliphatic heterocycles. The highest BCUT2D eigenvalue weighted by Crippen LogP contribution is 2.25. The number of amides is 1. The molecule has 1 rings (SSSR count). The van der Waals surface area contributed by atoms with Crippen LogP contribution in [0.25, 0.3) is 0 Å². The maximum absolute atomic E-state index is 12.0. The Kier molecular flexibility index (Phi) is 4.33. The number of aliphatic hydroxyl groups is 1. The van der Waals surface area contributed by atoms with E-state index in [9.17, 15) is 9.90 Å². The van der Waals surface area contributed by atoms with Crippen molar-refractivity contribution < 1.29 is 14.6 Å². The van der Waals surface area contributed by atoms with Gasteiger partial charge in [0.1, 0.15) is 0 Å². The molecule has 94 valence electrons. The average molecular weight is 229 g/mol. The molecule has 1 fully saturated rings. The minimum atomic E-state index is -0.688. The minimum absolute atomic E-state index is 0.161. The summed E-state index contributed by atoms with van der Waals surface area (Å²) in [5.74, 6) is 0.354. The summed E-state index contributed by atoms with van der Waals surface area (Å²) in [6.07, 6.45) is 0.945. The average Bonchev–Trinajstić information content (AvgIpc) is 2.26. The third-order valence-corrected chi connectivity index (χ3v) is 3.11. The van der Waals surface area contributed by atoms with Gasteiger partial charge in [-0.3, -0.25) is 4.79 Å². The summed E-state index contributed by atoms with van der Waals surface area (Å²) in [4.78, 5) is 13.9. The van der Waals surface area contributed by atoms with Gasteiger partial charge < -0.3 is 14.7 Å². The number of carbonyl (C=O) groups excluding carboxylic acids is 1. The molecule has 0 aliphatic carbocycles. The highest BCUT2D eigenvalue weighted by atomic mass is 16.6. The number of nitrogens with zero attached hydrogens (tertiary/aromatic N) is 1. The second-order valence-electron chi connectivity index (χ2n) is 5.51. The van der Waals surface area contributed by atoms with E-state index >= 15 is 0 Å². The van der Waals surface area contributed by atoms with Crippen LogP contribution >= 0.6 is 0 Å². The number of rotatable bonds is 2. The van der Waals surface area contributed by atoms with Gasteiger partial charge in [0.25, 0.3) is 0 Å². The van der Waals surface area contributed by atoms with Crippen LogP contribution in [0.1, 0.15) is 33.6 Å². The van der Waals surface area contributed by atoms with E-state index in [0.717, 1.165) is 25.9 Å². The zero-order chi connectivity index (χ0) is 12.3. The summed E-state index contributed by atoms with van der Waals surface area (Å²) in [5.41, 5.74) is -0.313. The van der Waals surface area contributed by atoms with Crippen molar-refractivity contribution >= 4 is 5.91 Å². The van der Waals surface area contributed by atoms with Gasteiger partial charge in [0, 0.05) is 31.5 Å². The summed E-state index contributed by atoms with van der Waals surface area (Å²) >= 11 is 0. The molecule has 1 aliphatic rings. The fourth-order valence-electron chi connectivity index (χ4n) is 2.05. The zero-order valence-corrected chi connectivity index (χ0v) is 10.7. The van der Waals surface area contributed by atoms with Crippen molar-refractivity contribution in [2.45, 2.75) is 39.9 Å². The van der Waals surface area contributed by atoms with Crippen LogP contribution in [0.4, 0.5) is 0 Å². The molecule has 4 heteroatoms. The number of methoxy groups -OCH3 is 1. The van der Waals surface area contributed by atoms with E-state index in [1.165, 1.54) is 7.11 Å². The van der Waals surface area contributed by atoms with Gasteiger partial charge >= 0.3 is 0 Å². The van der Waals surface area contributed by atoms with Crippen LogP contribution in [-0.4, -0.2) is 42.4 Å². The topological polar surface area (TPSA) is 49.8 Å². The normalized spacial score (nSPS) is 20.9. The van der Waals surface area contributed by atoms with Crippen molar-refractivity contribution in [1.82, 2.24) is 4.90 Å². The van der Waals surface area contributed by atoms with Gasteiger partial charge in [-0.1, -0.05) is 20.8 Å². The summed E-state index contributed by atoms with van der Waals surface area (Å²) < 4.78 is 4.90. The summed E-state index contributed by atoms with van der Waals surface area (Å²) in [7, 11) is 1.51. The van der Waals surface area contributed by atoms with E-state index in [4.69, 9.17) is 4.74 Å². The third kappa shape index (κ3) is 3.19. The van der Waals surface area contributed by atoms with Gasteiger partial charge in [-0.25, -0.2) is 0 Å². The molecular formula is C12H23NO3. The van der Waals surface area contributed by atoms with Gasteiger partial charge in [-0.2, -0.15) is 0 Å². The lowest BCUT2D eigenvalue weighted by molar-refractivity contribution is -0.148. The molecule has 1 heterocycles. The quantitative estimate of drug-likeness (QED) is 0.725. The summed E-state index contributed by atoms with van der Waals surface area (Å²) in [6, 6.07) is 0. The summed E-state index contributed by atoms with van der Waals surface area (Å²) in [6.45, 7) is 7.25. The summed E-state index contributed by atoms with van der Waals surface area (Å²) in [5, 5.41) is 9.54. The van der Waals surface area contributed by atoms with Gasteiger partial charge in [0.2, 0.25) is 5.91 Å². The van der Waals surface area contributed by atoms with E-state index in [0.29, 0.717) is 0 Å². The molecule has 0 saturated carbocycles. The fourth-order valence-corrected chi connectivity index (χ4v) is 2.05. The molecule has 0 spiro atoms. The first-order chi connectivity index (χ1) is 7.36. The van der Waals surface area contributed by atoms with E-state index in [1.807, 2.05) is 25.7 Å². The molecule has 0 aromatic rings. The largest absolute Gasteiger partial charge is 0.368 e. The SMILES string of the molecule is COC(O)C1CCN(C(=O)C(C)(C)C)CC1. The number of hydrogen-bond acceptors (Lipinski definition) is 3. The van der Waals surface area contributed by atoms with E-state index in [-0.39, 0.29) is 17.2 Å². The van der Waals surface area contributed by atoms with Crippen LogP contribution in [0, 0.1) is 11.3 Å². The Morgan fingerprint density at radius 2 is 1.88 bits per heavy atom. The molecule has 0 aromatic carbocycles. The molecule has 1 N–H and O–H groups in total. The standard InChI is InChI=1S/C12H23NO3/c1-12(2,3)11(15)13-7-5-9(6-8-13)10(14)16-4/h9-10,14H,5-8H2,1-4H3. The first-order valence-corrected chi connectivity index (χ1v) is 5.86. The molecule has 1 atom stereocenters. The third-order valence-electron chi connectivity index (χ3n) is 3.11. The number of ether oxygens (including phenoxy) is 1. The fraction of sp³-hybridized carbons (Fsp3) is 0.917. The molecular weight excluding hydrogens is 206 g/mol. The smallest absolute Gasteiger partial charge is 0.227 e. The first-order valence-electron chi connectivity index (χ1n) is 5.86. The van der Waals surface area contributed by atoms with Crippen molar-refractivity contribution in [3.05, 3.63) is 0 Å². The molecule has 1 unspecified atom stereocenters. The lowest BCUT2D eigenvalue weighted by atomic mass is 9.91. The second kappa shape index (κ2) is 5.15. The van der Waals surface area contributed by atoms with Crippen LogP contribution in [0.2, 0.25) is 0 Å². The molecule has 4 nitrogen and oxygen atoms in total. The first kappa shape index (κ1) is 13.5. The minimum Gasteiger partial charge on any atom is -0.368 e. The number of piperidine rings is 1. The predicted molar refractivity (Wildman–Crippen MR) is 61.8 cm³/mol. The lowest BCUT2D eigenvalue weighted by Gasteiger charge is -2.36. The van der Waals surface area contributed by atoms with Crippen LogP contribution < -0.4 is 0 Å². The van der Waals surface area contributed by atoms with E-state index < -0.39 is 6.29 Å². The highest BCUT2D eigenvalue weighted by Gasteiger charge is 2.32. The number of hydrogen-bond donors (Lipinski definition) is 1. The Labute approximate surface area is 97.6 Å². The molecule has 1 saturated heterocycles. The predicted octanol–water partition coefficient (Wildman–Crippen LogP) is 1.24. The van der Waals surface area contributed by atoms with Crippen LogP contribution in [0.3, 0.4) is 0 Å². The van der Waals surface area contributed by atoms with Gasteiger partial charge in [0.15, 0.2) is 6.29 Å². The lowest BCUT2D eigenvalue weighted by Crippen LogP contribution is -2.45. The zero-order valence-electron chi connectivity index (χ0n) is 10.7. The van der Waals surface area contributed by atoms with Crippen molar-refractivity contribution in [2.24, 2.45) is 11.3 Å². The number of aliphatic hydroxyl groups excluding tert-OH is 1. The van der Waals surface area contributed by atoms with Crippen LogP contribution in [-0.2, 0) is 9.53 Å². The Bertz CT molecular complexity index is 239. The Balaban J connectivity index is 2.46.